The summed E-state index contributed by atoms with van der Waals surface area (Å²) in [5.74, 6) is -0.0288. The smallest absolute Gasteiger partial charge is 0.307 e. The minimum atomic E-state index is -0.867. The molecule has 9 heteroatoms. The Balaban J connectivity index is 1.77. The van der Waals surface area contributed by atoms with Crippen molar-refractivity contribution in [2.24, 2.45) is 0 Å². The minimum Gasteiger partial charge on any atom is -0.481 e. The zero-order valence-corrected chi connectivity index (χ0v) is 16.5. The van der Waals surface area contributed by atoms with E-state index >= 15 is 0 Å². The fourth-order valence-corrected chi connectivity index (χ4v) is 2.98. The number of hydrogen-bond acceptors (Lipinski definition) is 7. The average molecular weight is 416 g/mol. The van der Waals surface area contributed by atoms with Gasteiger partial charge in [-0.1, -0.05) is 47.8 Å². The highest BCUT2D eigenvalue weighted by Gasteiger charge is 2.09. The Bertz CT molecular complexity index is 969. The second kappa shape index (κ2) is 9.29. The number of para-hydroxylation sites is 2. The van der Waals surface area contributed by atoms with Gasteiger partial charge in [-0.15, -0.1) is 0 Å². The minimum absolute atomic E-state index is 0.0186. The first-order valence-corrected chi connectivity index (χ1v) is 9.91. The number of carboxylic acid groups (broad SMARTS) is 1. The van der Waals surface area contributed by atoms with Crippen LogP contribution in [0.5, 0.6) is 0 Å². The molecule has 2 aromatic carbocycles. The number of hydrogen-bond donors (Lipinski definition) is 4. The summed E-state index contributed by atoms with van der Waals surface area (Å²) in [5, 5.41) is 15.5. The van der Waals surface area contributed by atoms with Crippen LogP contribution < -0.4 is 15.4 Å². The lowest BCUT2D eigenvalue weighted by Crippen LogP contribution is -2.03. The van der Waals surface area contributed by atoms with E-state index < -0.39 is 5.97 Å². The molecule has 0 bridgehead atoms. The van der Waals surface area contributed by atoms with Gasteiger partial charge in [-0.25, -0.2) is 4.98 Å². The normalized spacial score (nSPS) is 10.4. The monoisotopic (exact) mass is 415 g/mol. The number of rotatable bonds is 8. The van der Waals surface area contributed by atoms with Gasteiger partial charge in [-0.2, -0.15) is 4.98 Å². The standard InChI is InChI=1S/C19H18ClN5O2S/c1-28-25-16-5-3-2-4-15(16)23-18-14(20)11-21-19(24-18)22-13-8-6-12(7-9-13)10-17(26)27/h2-9,11,25H,10H2,1H3,(H,26,27)(H2,21,22,23,24). The van der Waals surface area contributed by atoms with Crippen molar-refractivity contribution in [2.45, 2.75) is 6.42 Å². The van der Waals surface area contributed by atoms with Crippen LogP contribution in [0.2, 0.25) is 5.02 Å². The van der Waals surface area contributed by atoms with Crippen LogP contribution in [0.15, 0.2) is 54.7 Å². The van der Waals surface area contributed by atoms with Crippen molar-refractivity contribution in [1.82, 2.24) is 9.97 Å². The first-order valence-electron chi connectivity index (χ1n) is 8.30. The molecule has 0 unspecified atom stereocenters. The summed E-state index contributed by atoms with van der Waals surface area (Å²) < 4.78 is 3.20. The predicted molar refractivity (Wildman–Crippen MR) is 115 cm³/mol. The number of nitrogens with one attached hydrogen (secondary N) is 3. The van der Waals surface area contributed by atoms with Gasteiger partial charge in [0, 0.05) is 11.9 Å². The summed E-state index contributed by atoms with van der Waals surface area (Å²) in [6.45, 7) is 0. The molecule has 0 atom stereocenters. The van der Waals surface area contributed by atoms with Gasteiger partial charge in [0.15, 0.2) is 5.82 Å². The highest BCUT2D eigenvalue weighted by atomic mass is 35.5. The van der Waals surface area contributed by atoms with E-state index in [-0.39, 0.29) is 6.42 Å². The molecule has 3 rings (SSSR count). The Morgan fingerprint density at radius 1 is 1.11 bits per heavy atom. The van der Waals surface area contributed by atoms with Crippen LogP contribution in [0.25, 0.3) is 0 Å². The van der Waals surface area contributed by atoms with Crippen molar-refractivity contribution in [1.29, 1.82) is 0 Å². The van der Waals surface area contributed by atoms with Gasteiger partial charge in [0.25, 0.3) is 0 Å². The third-order valence-electron chi connectivity index (χ3n) is 3.70. The Morgan fingerprint density at radius 3 is 2.50 bits per heavy atom. The number of aliphatic carboxylic acids is 1. The second-order valence-corrected chi connectivity index (χ2v) is 6.78. The first kappa shape index (κ1) is 19.8. The third kappa shape index (κ3) is 5.28. The summed E-state index contributed by atoms with van der Waals surface area (Å²) in [4.78, 5) is 19.4. The van der Waals surface area contributed by atoms with E-state index in [0.717, 1.165) is 22.6 Å². The highest BCUT2D eigenvalue weighted by Crippen LogP contribution is 2.30. The number of carboxylic acids is 1. The maximum Gasteiger partial charge on any atom is 0.307 e. The lowest BCUT2D eigenvalue weighted by Gasteiger charge is -2.13. The van der Waals surface area contributed by atoms with Crippen LogP contribution in [0.3, 0.4) is 0 Å². The van der Waals surface area contributed by atoms with E-state index in [9.17, 15) is 4.79 Å². The number of halogens is 1. The van der Waals surface area contributed by atoms with Gasteiger partial charge >= 0.3 is 5.97 Å². The van der Waals surface area contributed by atoms with Crippen LogP contribution >= 0.6 is 23.5 Å². The Hall–Kier alpha value is -2.97. The summed E-state index contributed by atoms with van der Waals surface area (Å²) in [5.41, 5.74) is 3.21. The van der Waals surface area contributed by atoms with E-state index in [2.05, 4.69) is 25.3 Å². The number of anilines is 5. The predicted octanol–water partition coefficient (Wildman–Crippen LogP) is 4.93. The maximum atomic E-state index is 10.8. The zero-order valence-electron chi connectivity index (χ0n) is 14.9. The molecule has 0 aliphatic rings. The molecule has 0 radical (unpaired) electrons. The van der Waals surface area contributed by atoms with E-state index in [1.54, 1.807) is 24.3 Å². The first-order chi connectivity index (χ1) is 13.5. The lowest BCUT2D eigenvalue weighted by atomic mass is 10.1. The molecule has 1 heterocycles. The van der Waals surface area contributed by atoms with Crippen LogP contribution in [-0.4, -0.2) is 27.3 Å². The Kier molecular flexibility index (Phi) is 6.57. The van der Waals surface area contributed by atoms with Crippen molar-refractivity contribution >= 4 is 58.3 Å². The van der Waals surface area contributed by atoms with Crippen molar-refractivity contribution in [3.05, 3.63) is 65.3 Å². The molecule has 0 fully saturated rings. The van der Waals surface area contributed by atoms with E-state index in [0.29, 0.717) is 16.8 Å². The fourth-order valence-electron chi connectivity index (χ4n) is 2.44. The summed E-state index contributed by atoms with van der Waals surface area (Å²) in [7, 11) is 0. The lowest BCUT2D eigenvalue weighted by molar-refractivity contribution is -0.136. The number of carbonyl (C=O) groups is 1. The van der Waals surface area contributed by atoms with Crippen molar-refractivity contribution in [2.75, 3.05) is 21.6 Å². The highest BCUT2D eigenvalue weighted by molar-refractivity contribution is 7.99. The Labute approximate surface area is 171 Å². The summed E-state index contributed by atoms with van der Waals surface area (Å²) in [6.07, 6.45) is 3.44. The van der Waals surface area contributed by atoms with Gasteiger partial charge in [0.05, 0.1) is 24.0 Å². The molecular formula is C19H18ClN5O2S. The summed E-state index contributed by atoms with van der Waals surface area (Å²) >= 11 is 7.74. The fraction of sp³-hybridized carbons (Fsp3) is 0.105. The van der Waals surface area contributed by atoms with Crippen molar-refractivity contribution in [3.63, 3.8) is 0 Å². The molecule has 3 aromatic rings. The molecule has 0 amide bonds. The van der Waals surface area contributed by atoms with E-state index in [4.69, 9.17) is 16.7 Å². The summed E-state index contributed by atoms with van der Waals surface area (Å²) in [6, 6.07) is 14.8. The molecule has 0 aliphatic carbocycles. The van der Waals surface area contributed by atoms with Gasteiger partial charge in [0.1, 0.15) is 5.02 Å². The molecule has 0 aliphatic heterocycles. The number of benzene rings is 2. The SMILES string of the molecule is CSNc1ccccc1Nc1nc(Nc2ccc(CC(=O)O)cc2)ncc1Cl. The van der Waals surface area contributed by atoms with Gasteiger partial charge < -0.3 is 20.5 Å². The molecule has 28 heavy (non-hydrogen) atoms. The number of aromatic nitrogens is 2. The van der Waals surface area contributed by atoms with Crippen molar-refractivity contribution < 1.29 is 9.90 Å². The van der Waals surface area contributed by atoms with E-state index in [1.165, 1.54) is 18.1 Å². The van der Waals surface area contributed by atoms with Crippen LogP contribution in [0.4, 0.5) is 28.8 Å². The van der Waals surface area contributed by atoms with Crippen LogP contribution in [0.1, 0.15) is 5.56 Å². The molecule has 0 saturated carbocycles. The molecule has 7 nitrogen and oxygen atoms in total. The molecule has 144 valence electrons. The zero-order chi connectivity index (χ0) is 19.9. The largest absolute Gasteiger partial charge is 0.481 e. The van der Waals surface area contributed by atoms with Gasteiger partial charge in [-0.05, 0) is 29.8 Å². The van der Waals surface area contributed by atoms with Gasteiger partial charge in [0.2, 0.25) is 5.95 Å². The molecule has 4 N–H and O–H groups in total. The Morgan fingerprint density at radius 2 is 1.82 bits per heavy atom. The topological polar surface area (TPSA) is 99.2 Å². The number of nitrogens with zero attached hydrogens (tertiary/aromatic N) is 2. The molecule has 0 saturated heterocycles. The van der Waals surface area contributed by atoms with E-state index in [1.807, 2.05) is 30.5 Å². The molecular weight excluding hydrogens is 398 g/mol. The average Bonchev–Trinajstić information content (AvgIpc) is 2.67. The third-order valence-corrected chi connectivity index (χ3v) is 4.40. The van der Waals surface area contributed by atoms with Crippen LogP contribution in [-0.2, 0) is 11.2 Å². The molecule has 0 spiro atoms. The molecule has 1 aromatic heterocycles. The van der Waals surface area contributed by atoms with Crippen LogP contribution in [0, 0.1) is 0 Å². The van der Waals surface area contributed by atoms with Crippen molar-refractivity contribution in [3.8, 4) is 0 Å². The van der Waals surface area contributed by atoms with Gasteiger partial charge in [-0.3, -0.25) is 4.79 Å². The maximum absolute atomic E-state index is 10.8. The second-order valence-electron chi connectivity index (χ2n) is 5.76. The quantitative estimate of drug-likeness (QED) is 0.384.